The van der Waals surface area contributed by atoms with Gasteiger partial charge in [0.1, 0.15) is 5.75 Å². The maximum Gasteiger partial charge on any atom is 0.314 e. The molecule has 0 radical (unpaired) electrons. The fraction of sp³-hybridized carbons (Fsp3) is 0.409. The van der Waals surface area contributed by atoms with E-state index >= 15 is 0 Å². The molecule has 3 rings (SSSR count). The lowest BCUT2D eigenvalue weighted by Gasteiger charge is -2.30. The minimum atomic E-state index is -3.90. The Balaban J connectivity index is 1.72. The summed E-state index contributed by atoms with van der Waals surface area (Å²) in [6, 6.07) is 7.69. The SMILES string of the molecule is Cc1ccc([N+](=O)[O-])cc1S(=O)(=O)N1CCC(C(=O)Oc2c(C)ccc(C)c2C)CC1. The Hall–Kier alpha value is -2.78. The van der Waals surface area contributed by atoms with Crippen molar-refractivity contribution in [3.63, 3.8) is 0 Å². The molecule has 1 fully saturated rings. The summed E-state index contributed by atoms with van der Waals surface area (Å²) in [6.45, 7) is 7.64. The summed E-state index contributed by atoms with van der Waals surface area (Å²) in [6.07, 6.45) is 0.659. The molecule has 9 heteroatoms. The third-order valence-corrected chi connectivity index (χ3v) is 7.90. The summed E-state index contributed by atoms with van der Waals surface area (Å²) in [7, 11) is -3.90. The molecule has 0 aliphatic carbocycles. The molecule has 0 atom stereocenters. The standard InChI is InChI=1S/C22H26N2O6S/c1-14-5-6-16(3)21(17(14)4)30-22(25)18-9-11-23(12-10-18)31(28,29)20-13-19(24(26)27)8-7-15(20)2/h5-8,13,18H,9-12H2,1-4H3. The molecule has 1 heterocycles. The molecule has 0 N–H and O–H groups in total. The molecule has 0 spiro atoms. The van der Waals surface area contributed by atoms with E-state index < -0.39 is 20.9 Å². The summed E-state index contributed by atoms with van der Waals surface area (Å²) < 4.78 is 33.1. The lowest BCUT2D eigenvalue weighted by atomic mass is 9.98. The van der Waals surface area contributed by atoms with Gasteiger partial charge in [0.05, 0.1) is 15.7 Å². The van der Waals surface area contributed by atoms with Crippen molar-refractivity contribution in [2.24, 2.45) is 5.92 Å². The highest BCUT2D eigenvalue weighted by Gasteiger charge is 2.34. The Kier molecular flexibility index (Phi) is 6.47. The van der Waals surface area contributed by atoms with E-state index in [0.29, 0.717) is 24.2 Å². The second-order valence-electron chi connectivity index (χ2n) is 7.96. The molecule has 8 nitrogen and oxygen atoms in total. The predicted octanol–water partition coefficient (Wildman–Crippen LogP) is 3.83. The fourth-order valence-electron chi connectivity index (χ4n) is 3.72. The zero-order chi connectivity index (χ0) is 22.9. The zero-order valence-corrected chi connectivity index (χ0v) is 18.9. The highest BCUT2D eigenvalue weighted by molar-refractivity contribution is 7.89. The molecule has 166 valence electrons. The van der Waals surface area contributed by atoms with Crippen LogP contribution in [-0.4, -0.2) is 36.7 Å². The normalized spacial score (nSPS) is 15.6. The number of carbonyl (C=O) groups excluding carboxylic acids is 1. The van der Waals surface area contributed by atoms with E-state index in [0.717, 1.165) is 22.8 Å². The number of esters is 1. The Morgan fingerprint density at radius 2 is 1.61 bits per heavy atom. The van der Waals surface area contributed by atoms with Gasteiger partial charge in [0.15, 0.2) is 0 Å². The number of hydrogen-bond donors (Lipinski definition) is 0. The van der Waals surface area contributed by atoms with Crippen molar-refractivity contribution in [3.05, 3.63) is 62.7 Å². The zero-order valence-electron chi connectivity index (χ0n) is 18.0. The molecule has 0 aromatic heterocycles. The average Bonchev–Trinajstić information content (AvgIpc) is 2.74. The molecule has 0 saturated carbocycles. The highest BCUT2D eigenvalue weighted by atomic mass is 32.2. The summed E-state index contributed by atoms with van der Waals surface area (Å²) in [5.74, 6) is -0.204. The van der Waals surface area contributed by atoms with Gasteiger partial charge in [-0.3, -0.25) is 14.9 Å². The topological polar surface area (TPSA) is 107 Å². The largest absolute Gasteiger partial charge is 0.426 e. The first kappa shape index (κ1) is 22.9. The fourth-order valence-corrected chi connectivity index (χ4v) is 5.43. The van der Waals surface area contributed by atoms with Crippen LogP contribution in [0.25, 0.3) is 0 Å². The van der Waals surface area contributed by atoms with Gasteiger partial charge in [0.25, 0.3) is 5.69 Å². The number of nitro groups is 1. The molecule has 2 aromatic rings. The van der Waals surface area contributed by atoms with Gasteiger partial charge in [0.2, 0.25) is 10.0 Å². The van der Waals surface area contributed by atoms with Gasteiger partial charge in [-0.2, -0.15) is 4.31 Å². The molecule has 0 amide bonds. The van der Waals surface area contributed by atoms with E-state index in [2.05, 4.69) is 0 Å². The summed E-state index contributed by atoms with van der Waals surface area (Å²) >= 11 is 0. The monoisotopic (exact) mass is 446 g/mol. The third kappa shape index (κ3) is 4.62. The molecule has 31 heavy (non-hydrogen) atoms. The van der Waals surface area contributed by atoms with Crippen LogP contribution in [0.5, 0.6) is 5.75 Å². The Labute approximate surface area is 182 Å². The van der Waals surface area contributed by atoms with E-state index in [1.807, 2.05) is 32.9 Å². The number of hydrogen-bond acceptors (Lipinski definition) is 6. The van der Waals surface area contributed by atoms with E-state index in [-0.39, 0.29) is 29.6 Å². The quantitative estimate of drug-likeness (QED) is 0.299. The maximum atomic E-state index is 13.1. The van der Waals surface area contributed by atoms with Crippen LogP contribution in [-0.2, 0) is 14.8 Å². The number of nitrogens with zero attached hydrogens (tertiary/aromatic N) is 2. The van der Waals surface area contributed by atoms with E-state index in [9.17, 15) is 23.3 Å². The first-order valence-electron chi connectivity index (χ1n) is 10.1. The van der Waals surface area contributed by atoms with Crippen molar-refractivity contribution >= 4 is 21.7 Å². The maximum absolute atomic E-state index is 13.1. The van der Waals surface area contributed by atoms with Crippen LogP contribution in [0.2, 0.25) is 0 Å². The van der Waals surface area contributed by atoms with E-state index in [4.69, 9.17) is 4.74 Å². The number of rotatable bonds is 5. The number of aryl methyl sites for hydroxylation is 3. The number of ether oxygens (including phenoxy) is 1. The Bertz CT molecular complexity index is 1130. The van der Waals surface area contributed by atoms with Crippen LogP contribution >= 0.6 is 0 Å². The number of carbonyl (C=O) groups is 1. The Morgan fingerprint density at radius 3 is 2.23 bits per heavy atom. The lowest BCUT2D eigenvalue weighted by molar-refractivity contribution is -0.385. The van der Waals surface area contributed by atoms with Crippen molar-refractivity contribution < 1.29 is 22.9 Å². The average molecular weight is 447 g/mol. The number of sulfonamides is 1. The van der Waals surface area contributed by atoms with Gasteiger partial charge in [-0.25, -0.2) is 8.42 Å². The van der Waals surface area contributed by atoms with Crippen LogP contribution in [0.1, 0.15) is 35.1 Å². The minimum Gasteiger partial charge on any atom is -0.426 e. The smallest absolute Gasteiger partial charge is 0.314 e. The summed E-state index contributed by atoms with van der Waals surface area (Å²) in [5, 5.41) is 11.1. The van der Waals surface area contributed by atoms with Gasteiger partial charge in [-0.15, -0.1) is 0 Å². The van der Waals surface area contributed by atoms with Crippen LogP contribution in [0, 0.1) is 43.7 Å². The van der Waals surface area contributed by atoms with Gasteiger partial charge in [-0.05, 0) is 62.8 Å². The van der Waals surface area contributed by atoms with Crippen molar-refractivity contribution in [2.75, 3.05) is 13.1 Å². The van der Waals surface area contributed by atoms with Gasteiger partial charge < -0.3 is 4.74 Å². The molecule has 0 bridgehead atoms. The molecule has 2 aromatic carbocycles. The second kappa shape index (κ2) is 8.76. The number of non-ortho nitro benzene ring substituents is 1. The van der Waals surface area contributed by atoms with Crippen molar-refractivity contribution in [1.82, 2.24) is 4.31 Å². The number of benzene rings is 2. The lowest BCUT2D eigenvalue weighted by Crippen LogP contribution is -2.41. The predicted molar refractivity (Wildman–Crippen MR) is 116 cm³/mol. The van der Waals surface area contributed by atoms with E-state index in [1.165, 1.54) is 16.4 Å². The van der Waals surface area contributed by atoms with Crippen LogP contribution in [0.3, 0.4) is 0 Å². The second-order valence-corrected chi connectivity index (χ2v) is 9.87. The third-order valence-electron chi connectivity index (χ3n) is 5.86. The van der Waals surface area contributed by atoms with Crippen molar-refractivity contribution in [3.8, 4) is 5.75 Å². The van der Waals surface area contributed by atoms with Crippen molar-refractivity contribution in [2.45, 2.75) is 45.4 Å². The van der Waals surface area contributed by atoms with Gasteiger partial charge in [-0.1, -0.05) is 18.2 Å². The molecule has 0 unspecified atom stereocenters. The molecular weight excluding hydrogens is 420 g/mol. The minimum absolute atomic E-state index is 0.0752. The van der Waals surface area contributed by atoms with Gasteiger partial charge >= 0.3 is 5.97 Å². The van der Waals surface area contributed by atoms with Crippen LogP contribution in [0.4, 0.5) is 5.69 Å². The van der Waals surface area contributed by atoms with Crippen LogP contribution < -0.4 is 4.74 Å². The van der Waals surface area contributed by atoms with Gasteiger partial charge in [0, 0.05) is 25.2 Å². The highest BCUT2D eigenvalue weighted by Crippen LogP contribution is 2.31. The first-order chi connectivity index (χ1) is 14.5. The number of piperidine rings is 1. The summed E-state index contributed by atoms with van der Waals surface area (Å²) in [5.41, 5.74) is 2.98. The Morgan fingerprint density at radius 1 is 1.03 bits per heavy atom. The molecule has 1 aliphatic heterocycles. The molecule has 1 aliphatic rings. The van der Waals surface area contributed by atoms with Crippen molar-refractivity contribution in [1.29, 1.82) is 0 Å². The van der Waals surface area contributed by atoms with Crippen LogP contribution in [0.15, 0.2) is 35.2 Å². The molecule has 1 saturated heterocycles. The molecular formula is C22H26N2O6S. The summed E-state index contributed by atoms with van der Waals surface area (Å²) in [4.78, 5) is 23.1. The van der Waals surface area contributed by atoms with E-state index in [1.54, 1.807) is 6.92 Å². The first-order valence-corrected chi connectivity index (χ1v) is 11.5. The number of nitro benzene ring substituents is 1.